The molecule has 1 aromatic heterocycles. The van der Waals surface area contributed by atoms with Crippen molar-refractivity contribution in [2.24, 2.45) is 5.73 Å². The molecule has 3 N–H and O–H groups in total. The molecule has 60 valence electrons. The van der Waals surface area contributed by atoms with Crippen LogP contribution in [0.2, 0.25) is 0 Å². The molecule has 0 aliphatic rings. The minimum Gasteiger partial charge on any atom is -0.325 e. The minimum absolute atomic E-state index is 0.127. The highest BCUT2D eigenvalue weighted by Crippen LogP contribution is 1.90. The summed E-state index contributed by atoms with van der Waals surface area (Å²) in [5, 5.41) is 0. The highest BCUT2D eigenvalue weighted by molar-refractivity contribution is 5.01. The summed E-state index contributed by atoms with van der Waals surface area (Å²) in [5.74, 6) is 0.693. The first-order valence-electron chi connectivity index (χ1n) is 3.55. The van der Waals surface area contributed by atoms with Gasteiger partial charge in [-0.2, -0.15) is 0 Å². The number of H-pyrrole nitrogens is 1. The molecule has 1 heterocycles. The van der Waals surface area contributed by atoms with Crippen molar-refractivity contribution in [3.8, 4) is 0 Å². The van der Waals surface area contributed by atoms with E-state index in [-0.39, 0.29) is 5.56 Å². The molecule has 0 spiro atoms. The van der Waals surface area contributed by atoms with E-state index in [9.17, 15) is 4.79 Å². The quantitative estimate of drug-likeness (QED) is 0.617. The van der Waals surface area contributed by atoms with Gasteiger partial charge in [0.05, 0.1) is 5.69 Å². The molecule has 0 amide bonds. The van der Waals surface area contributed by atoms with Crippen molar-refractivity contribution < 1.29 is 0 Å². The molecule has 4 nitrogen and oxygen atoms in total. The number of rotatable bonds is 2. The Balaban J connectivity index is 3.12. The molecular formula is C7H11N3O. The van der Waals surface area contributed by atoms with Crippen molar-refractivity contribution in [3.63, 3.8) is 0 Å². The second-order valence-electron chi connectivity index (χ2n) is 2.24. The zero-order valence-corrected chi connectivity index (χ0v) is 6.42. The van der Waals surface area contributed by atoms with E-state index in [0.29, 0.717) is 18.1 Å². The lowest BCUT2D eigenvalue weighted by Gasteiger charge is -1.97. The maximum absolute atomic E-state index is 10.9. The van der Waals surface area contributed by atoms with Gasteiger partial charge in [0.25, 0.3) is 5.56 Å². The number of aromatic nitrogens is 2. The van der Waals surface area contributed by atoms with E-state index in [1.54, 1.807) is 0 Å². The molecule has 0 saturated carbocycles. The molecule has 0 atom stereocenters. The topological polar surface area (TPSA) is 71.8 Å². The van der Waals surface area contributed by atoms with Crippen molar-refractivity contribution >= 4 is 0 Å². The van der Waals surface area contributed by atoms with Crippen molar-refractivity contribution in [1.29, 1.82) is 0 Å². The second-order valence-corrected chi connectivity index (χ2v) is 2.24. The van der Waals surface area contributed by atoms with Crippen LogP contribution in [0.15, 0.2) is 10.9 Å². The molecule has 0 aromatic carbocycles. The van der Waals surface area contributed by atoms with Crippen molar-refractivity contribution in [2.75, 3.05) is 0 Å². The maximum atomic E-state index is 10.9. The Bertz CT molecular complexity index is 267. The van der Waals surface area contributed by atoms with Crippen molar-refractivity contribution in [1.82, 2.24) is 9.97 Å². The number of aromatic amines is 1. The summed E-state index contributed by atoms with van der Waals surface area (Å²) in [5.41, 5.74) is 5.84. The van der Waals surface area contributed by atoms with E-state index >= 15 is 0 Å². The van der Waals surface area contributed by atoms with Crippen LogP contribution in [0.5, 0.6) is 0 Å². The lowest BCUT2D eigenvalue weighted by molar-refractivity contribution is 0.860. The van der Waals surface area contributed by atoms with Crippen LogP contribution in [0.25, 0.3) is 0 Å². The summed E-state index contributed by atoms with van der Waals surface area (Å²) < 4.78 is 0. The van der Waals surface area contributed by atoms with E-state index in [0.717, 1.165) is 6.42 Å². The van der Waals surface area contributed by atoms with Crippen molar-refractivity contribution in [3.05, 3.63) is 27.9 Å². The molecule has 0 saturated heterocycles. The van der Waals surface area contributed by atoms with Gasteiger partial charge in [-0.05, 0) is 0 Å². The predicted molar refractivity (Wildman–Crippen MR) is 42.1 cm³/mol. The Morgan fingerprint density at radius 3 is 3.00 bits per heavy atom. The average Bonchev–Trinajstić information content (AvgIpc) is 2.03. The fourth-order valence-electron chi connectivity index (χ4n) is 0.835. The first-order valence-corrected chi connectivity index (χ1v) is 3.55. The third-order valence-electron chi connectivity index (χ3n) is 1.39. The molecule has 0 unspecified atom stereocenters. The van der Waals surface area contributed by atoms with Gasteiger partial charge < -0.3 is 10.7 Å². The van der Waals surface area contributed by atoms with E-state index < -0.39 is 0 Å². The van der Waals surface area contributed by atoms with Crippen LogP contribution in [-0.4, -0.2) is 9.97 Å². The van der Waals surface area contributed by atoms with Crippen LogP contribution >= 0.6 is 0 Å². The average molecular weight is 153 g/mol. The Morgan fingerprint density at radius 2 is 2.45 bits per heavy atom. The number of aryl methyl sites for hydroxylation is 1. The smallest absolute Gasteiger partial charge is 0.251 e. The molecule has 0 aliphatic heterocycles. The van der Waals surface area contributed by atoms with Crippen LogP contribution < -0.4 is 11.3 Å². The minimum atomic E-state index is -0.127. The van der Waals surface area contributed by atoms with E-state index in [2.05, 4.69) is 9.97 Å². The number of nitrogens with zero attached hydrogens (tertiary/aromatic N) is 1. The van der Waals surface area contributed by atoms with Crippen LogP contribution in [0.3, 0.4) is 0 Å². The molecule has 1 rings (SSSR count). The Labute approximate surface area is 64.5 Å². The first-order chi connectivity index (χ1) is 5.26. The van der Waals surface area contributed by atoms with Gasteiger partial charge in [0.2, 0.25) is 0 Å². The highest BCUT2D eigenvalue weighted by atomic mass is 16.1. The summed E-state index contributed by atoms with van der Waals surface area (Å²) in [6.45, 7) is 2.25. The molecule has 0 bridgehead atoms. The van der Waals surface area contributed by atoms with Crippen LogP contribution in [0.4, 0.5) is 0 Å². The summed E-state index contributed by atoms with van der Waals surface area (Å²) in [6, 6.07) is 1.42. The molecule has 0 fully saturated rings. The van der Waals surface area contributed by atoms with Gasteiger partial charge >= 0.3 is 0 Å². The second kappa shape index (κ2) is 3.30. The molecule has 11 heavy (non-hydrogen) atoms. The van der Waals surface area contributed by atoms with Gasteiger partial charge in [0.1, 0.15) is 5.82 Å². The Kier molecular flexibility index (Phi) is 2.38. The van der Waals surface area contributed by atoms with Gasteiger partial charge in [0, 0.05) is 19.0 Å². The number of hydrogen-bond donors (Lipinski definition) is 2. The SMILES string of the molecule is CCc1nc(CN)cc(=O)[nH]1. The fourth-order valence-corrected chi connectivity index (χ4v) is 0.835. The highest BCUT2D eigenvalue weighted by Gasteiger charge is 1.96. The van der Waals surface area contributed by atoms with Gasteiger partial charge in [-0.15, -0.1) is 0 Å². The normalized spacial score (nSPS) is 10.0. The zero-order chi connectivity index (χ0) is 8.27. The summed E-state index contributed by atoms with van der Waals surface area (Å²) >= 11 is 0. The molecule has 1 aromatic rings. The van der Waals surface area contributed by atoms with Crippen molar-refractivity contribution in [2.45, 2.75) is 19.9 Å². The summed E-state index contributed by atoms with van der Waals surface area (Å²) in [4.78, 5) is 17.6. The van der Waals surface area contributed by atoms with Gasteiger partial charge in [-0.1, -0.05) is 6.92 Å². The van der Waals surface area contributed by atoms with E-state index in [1.807, 2.05) is 6.92 Å². The van der Waals surface area contributed by atoms with E-state index in [1.165, 1.54) is 6.07 Å². The number of nitrogens with two attached hydrogens (primary N) is 1. The third kappa shape index (κ3) is 1.88. The Hall–Kier alpha value is -1.16. The van der Waals surface area contributed by atoms with Gasteiger partial charge in [-0.3, -0.25) is 4.79 Å². The third-order valence-corrected chi connectivity index (χ3v) is 1.39. The summed E-state index contributed by atoms with van der Waals surface area (Å²) in [6.07, 6.45) is 0.725. The molecule has 0 aliphatic carbocycles. The molecular weight excluding hydrogens is 142 g/mol. The maximum Gasteiger partial charge on any atom is 0.251 e. The standard InChI is InChI=1S/C7H11N3O/c1-2-6-9-5(4-8)3-7(11)10-6/h3H,2,4,8H2,1H3,(H,9,10,11). The largest absolute Gasteiger partial charge is 0.325 e. The Morgan fingerprint density at radius 1 is 1.73 bits per heavy atom. The summed E-state index contributed by atoms with van der Waals surface area (Å²) in [7, 11) is 0. The monoisotopic (exact) mass is 153 g/mol. The lowest BCUT2D eigenvalue weighted by atomic mass is 10.3. The van der Waals surface area contributed by atoms with Crippen LogP contribution in [0.1, 0.15) is 18.4 Å². The van der Waals surface area contributed by atoms with E-state index in [4.69, 9.17) is 5.73 Å². The molecule has 0 radical (unpaired) electrons. The number of nitrogens with one attached hydrogen (secondary N) is 1. The fraction of sp³-hybridized carbons (Fsp3) is 0.429. The van der Waals surface area contributed by atoms with Crippen LogP contribution in [-0.2, 0) is 13.0 Å². The number of hydrogen-bond acceptors (Lipinski definition) is 3. The van der Waals surface area contributed by atoms with Crippen LogP contribution in [0, 0.1) is 0 Å². The zero-order valence-electron chi connectivity index (χ0n) is 6.42. The lowest BCUT2D eigenvalue weighted by Crippen LogP contribution is -2.14. The van der Waals surface area contributed by atoms with Gasteiger partial charge in [-0.25, -0.2) is 4.98 Å². The van der Waals surface area contributed by atoms with Gasteiger partial charge in [0.15, 0.2) is 0 Å². The predicted octanol–water partition coefficient (Wildman–Crippen LogP) is -0.209. The first kappa shape index (κ1) is 7.94. The molecule has 4 heteroatoms.